The van der Waals surface area contributed by atoms with E-state index in [4.69, 9.17) is 9.47 Å². The SMILES string of the molecule is CCOCCNCC(C)C(=O)OCC. The molecule has 0 aromatic rings. The van der Waals surface area contributed by atoms with Crippen LogP contribution in [0.3, 0.4) is 0 Å². The molecule has 0 spiro atoms. The molecule has 84 valence electrons. The Bertz CT molecular complexity index is 150. The Morgan fingerprint density at radius 1 is 1.36 bits per heavy atom. The summed E-state index contributed by atoms with van der Waals surface area (Å²) in [6, 6.07) is 0. The van der Waals surface area contributed by atoms with Gasteiger partial charge in [-0.3, -0.25) is 4.79 Å². The topological polar surface area (TPSA) is 47.6 Å². The molecule has 0 aliphatic heterocycles. The van der Waals surface area contributed by atoms with E-state index in [1.165, 1.54) is 0 Å². The number of hydrogen-bond acceptors (Lipinski definition) is 4. The lowest BCUT2D eigenvalue weighted by molar-refractivity contribution is -0.147. The highest BCUT2D eigenvalue weighted by Gasteiger charge is 2.12. The zero-order valence-corrected chi connectivity index (χ0v) is 9.34. The van der Waals surface area contributed by atoms with Gasteiger partial charge in [-0.15, -0.1) is 0 Å². The van der Waals surface area contributed by atoms with Gasteiger partial charge in [0.05, 0.1) is 19.1 Å². The quantitative estimate of drug-likeness (QED) is 0.468. The zero-order chi connectivity index (χ0) is 10.8. The molecule has 1 N–H and O–H groups in total. The van der Waals surface area contributed by atoms with Crippen molar-refractivity contribution in [2.75, 3.05) is 32.9 Å². The summed E-state index contributed by atoms with van der Waals surface area (Å²) >= 11 is 0. The molecule has 1 atom stereocenters. The van der Waals surface area contributed by atoms with E-state index in [2.05, 4.69) is 5.32 Å². The first-order chi connectivity index (χ1) is 6.72. The predicted octanol–water partition coefficient (Wildman–Crippen LogP) is 0.812. The second-order valence-electron chi connectivity index (χ2n) is 3.05. The second-order valence-corrected chi connectivity index (χ2v) is 3.05. The van der Waals surface area contributed by atoms with E-state index in [1.807, 2.05) is 20.8 Å². The minimum atomic E-state index is -0.142. The summed E-state index contributed by atoms with van der Waals surface area (Å²) in [5, 5.41) is 3.13. The van der Waals surface area contributed by atoms with E-state index < -0.39 is 0 Å². The molecular formula is C10H21NO3. The van der Waals surface area contributed by atoms with Gasteiger partial charge in [-0.1, -0.05) is 6.92 Å². The summed E-state index contributed by atoms with van der Waals surface area (Å²) in [5.74, 6) is -0.229. The fraction of sp³-hybridized carbons (Fsp3) is 0.900. The molecule has 0 radical (unpaired) electrons. The van der Waals surface area contributed by atoms with Crippen LogP contribution in [-0.2, 0) is 14.3 Å². The minimum Gasteiger partial charge on any atom is -0.466 e. The first kappa shape index (κ1) is 13.4. The summed E-state index contributed by atoms with van der Waals surface area (Å²) < 4.78 is 10.0. The van der Waals surface area contributed by atoms with Crippen molar-refractivity contribution in [2.45, 2.75) is 20.8 Å². The second kappa shape index (κ2) is 8.97. The van der Waals surface area contributed by atoms with E-state index >= 15 is 0 Å². The molecule has 0 aromatic carbocycles. The van der Waals surface area contributed by atoms with Gasteiger partial charge in [-0.2, -0.15) is 0 Å². The van der Waals surface area contributed by atoms with Gasteiger partial charge < -0.3 is 14.8 Å². The molecule has 0 heterocycles. The molecule has 0 rings (SSSR count). The third kappa shape index (κ3) is 6.86. The van der Waals surface area contributed by atoms with E-state index in [0.29, 0.717) is 19.8 Å². The first-order valence-electron chi connectivity index (χ1n) is 5.17. The van der Waals surface area contributed by atoms with E-state index in [1.54, 1.807) is 0 Å². The molecule has 0 amide bonds. The molecule has 0 saturated heterocycles. The number of ether oxygens (including phenoxy) is 2. The monoisotopic (exact) mass is 203 g/mol. The largest absolute Gasteiger partial charge is 0.466 e. The standard InChI is InChI=1S/C10H21NO3/c1-4-13-7-6-11-8-9(3)10(12)14-5-2/h9,11H,4-8H2,1-3H3. The molecule has 14 heavy (non-hydrogen) atoms. The average molecular weight is 203 g/mol. The number of carbonyl (C=O) groups excluding carboxylic acids is 1. The summed E-state index contributed by atoms with van der Waals surface area (Å²) in [7, 11) is 0. The van der Waals surface area contributed by atoms with E-state index in [9.17, 15) is 4.79 Å². The number of carbonyl (C=O) groups is 1. The van der Waals surface area contributed by atoms with Crippen LogP contribution in [0.5, 0.6) is 0 Å². The highest BCUT2D eigenvalue weighted by atomic mass is 16.5. The van der Waals surface area contributed by atoms with Crippen molar-refractivity contribution in [1.29, 1.82) is 0 Å². The van der Waals surface area contributed by atoms with Crippen LogP contribution in [0.15, 0.2) is 0 Å². The summed E-state index contributed by atoms with van der Waals surface area (Å²) in [4.78, 5) is 11.2. The van der Waals surface area contributed by atoms with Crippen molar-refractivity contribution in [2.24, 2.45) is 5.92 Å². The molecule has 4 heteroatoms. The first-order valence-corrected chi connectivity index (χ1v) is 5.17. The van der Waals surface area contributed by atoms with Crippen molar-refractivity contribution in [3.63, 3.8) is 0 Å². The fourth-order valence-electron chi connectivity index (χ4n) is 0.975. The Labute approximate surface area is 86.0 Å². The smallest absolute Gasteiger partial charge is 0.309 e. The van der Waals surface area contributed by atoms with Crippen molar-refractivity contribution in [3.8, 4) is 0 Å². The van der Waals surface area contributed by atoms with Crippen LogP contribution in [0.1, 0.15) is 20.8 Å². The summed E-state index contributed by atoms with van der Waals surface area (Å²) in [6.07, 6.45) is 0. The Morgan fingerprint density at radius 3 is 2.64 bits per heavy atom. The molecule has 0 aliphatic carbocycles. The maximum atomic E-state index is 11.2. The highest BCUT2D eigenvalue weighted by Crippen LogP contribution is 1.95. The van der Waals surface area contributed by atoms with Crippen molar-refractivity contribution < 1.29 is 14.3 Å². The van der Waals surface area contributed by atoms with Crippen LogP contribution < -0.4 is 5.32 Å². The predicted molar refractivity (Wildman–Crippen MR) is 55.2 cm³/mol. The maximum Gasteiger partial charge on any atom is 0.309 e. The molecule has 4 nitrogen and oxygen atoms in total. The number of rotatable bonds is 8. The molecule has 0 saturated carbocycles. The molecule has 0 aliphatic rings. The molecule has 0 aromatic heterocycles. The van der Waals surface area contributed by atoms with Gasteiger partial charge in [-0.05, 0) is 13.8 Å². The maximum absolute atomic E-state index is 11.2. The van der Waals surface area contributed by atoms with Gasteiger partial charge in [0, 0.05) is 19.7 Å². The Morgan fingerprint density at radius 2 is 2.07 bits per heavy atom. The highest BCUT2D eigenvalue weighted by molar-refractivity contribution is 5.72. The Hall–Kier alpha value is -0.610. The van der Waals surface area contributed by atoms with Crippen LogP contribution in [0, 0.1) is 5.92 Å². The van der Waals surface area contributed by atoms with Crippen LogP contribution in [0.25, 0.3) is 0 Å². The van der Waals surface area contributed by atoms with Crippen molar-refractivity contribution >= 4 is 5.97 Å². The van der Waals surface area contributed by atoms with Crippen LogP contribution in [0.4, 0.5) is 0 Å². The van der Waals surface area contributed by atoms with Crippen molar-refractivity contribution in [3.05, 3.63) is 0 Å². The minimum absolute atomic E-state index is 0.0865. The average Bonchev–Trinajstić information content (AvgIpc) is 2.17. The Kier molecular flexibility index (Phi) is 8.57. The van der Waals surface area contributed by atoms with Gasteiger partial charge in [0.15, 0.2) is 0 Å². The molecular weight excluding hydrogens is 182 g/mol. The number of esters is 1. The molecule has 0 bridgehead atoms. The number of nitrogens with one attached hydrogen (secondary N) is 1. The normalized spacial score (nSPS) is 12.5. The van der Waals surface area contributed by atoms with Crippen LogP contribution in [0.2, 0.25) is 0 Å². The lowest BCUT2D eigenvalue weighted by atomic mass is 10.2. The van der Waals surface area contributed by atoms with E-state index in [0.717, 1.165) is 13.2 Å². The van der Waals surface area contributed by atoms with Gasteiger partial charge in [0.2, 0.25) is 0 Å². The summed E-state index contributed by atoms with van der Waals surface area (Å²) in [6.45, 7) is 8.91. The van der Waals surface area contributed by atoms with Gasteiger partial charge >= 0.3 is 5.97 Å². The zero-order valence-electron chi connectivity index (χ0n) is 9.34. The van der Waals surface area contributed by atoms with Gasteiger partial charge in [0.25, 0.3) is 0 Å². The fourth-order valence-corrected chi connectivity index (χ4v) is 0.975. The third-order valence-electron chi connectivity index (χ3n) is 1.77. The molecule has 1 unspecified atom stereocenters. The van der Waals surface area contributed by atoms with Gasteiger partial charge in [-0.25, -0.2) is 0 Å². The van der Waals surface area contributed by atoms with Crippen molar-refractivity contribution in [1.82, 2.24) is 5.32 Å². The van der Waals surface area contributed by atoms with Crippen LogP contribution in [-0.4, -0.2) is 38.9 Å². The van der Waals surface area contributed by atoms with E-state index in [-0.39, 0.29) is 11.9 Å². The molecule has 0 fully saturated rings. The third-order valence-corrected chi connectivity index (χ3v) is 1.77. The number of hydrogen-bond donors (Lipinski definition) is 1. The lowest BCUT2D eigenvalue weighted by Gasteiger charge is -2.11. The van der Waals surface area contributed by atoms with Crippen LogP contribution >= 0.6 is 0 Å². The lowest BCUT2D eigenvalue weighted by Crippen LogP contribution is -2.30. The van der Waals surface area contributed by atoms with Gasteiger partial charge in [0.1, 0.15) is 0 Å². The Balaban J connectivity index is 3.34. The summed E-state index contributed by atoms with van der Waals surface area (Å²) in [5.41, 5.74) is 0.